The van der Waals surface area contributed by atoms with Gasteiger partial charge in [-0.3, -0.25) is 0 Å². The third-order valence-corrected chi connectivity index (χ3v) is 3.55. The maximum atomic E-state index is 5.35. The van der Waals surface area contributed by atoms with Gasteiger partial charge in [0, 0.05) is 23.1 Å². The van der Waals surface area contributed by atoms with Crippen molar-refractivity contribution in [2.24, 2.45) is 0 Å². The van der Waals surface area contributed by atoms with Crippen molar-refractivity contribution in [1.29, 1.82) is 0 Å². The Morgan fingerprint density at radius 3 is 2.74 bits per heavy atom. The van der Waals surface area contributed by atoms with Gasteiger partial charge in [-0.05, 0) is 64.0 Å². The van der Waals surface area contributed by atoms with E-state index in [1.54, 1.807) is 7.11 Å². The van der Waals surface area contributed by atoms with E-state index in [4.69, 9.17) is 4.74 Å². The van der Waals surface area contributed by atoms with Crippen molar-refractivity contribution in [2.75, 3.05) is 20.7 Å². The summed E-state index contributed by atoms with van der Waals surface area (Å²) in [5.74, 6) is 0.934. The molecule has 0 radical (unpaired) electrons. The second kappa shape index (κ2) is 6.11. The van der Waals surface area contributed by atoms with Gasteiger partial charge in [-0.15, -0.1) is 0 Å². The number of hydrogen-bond acceptors (Lipinski definition) is 2. The number of nitrogens with one attached hydrogen (secondary N) is 1. The highest BCUT2D eigenvalue weighted by molar-refractivity contribution is 5.85. The number of rotatable bonds is 6. The molecule has 0 amide bonds. The lowest BCUT2D eigenvalue weighted by molar-refractivity contribution is 0.415. The molecule has 3 heteroatoms. The van der Waals surface area contributed by atoms with Crippen LogP contribution in [0.3, 0.4) is 0 Å². The average Bonchev–Trinajstić information content (AvgIpc) is 2.77. The van der Waals surface area contributed by atoms with Crippen molar-refractivity contribution in [3.8, 4) is 5.75 Å². The first-order valence-corrected chi connectivity index (χ1v) is 6.99. The molecule has 1 aromatic carbocycles. The average molecular weight is 260 g/mol. The van der Waals surface area contributed by atoms with Gasteiger partial charge in [0.2, 0.25) is 0 Å². The molecule has 3 nitrogen and oxygen atoms in total. The molecular formula is C16H24N2O. The highest BCUT2D eigenvalue weighted by Crippen LogP contribution is 2.29. The SMILES string of the molecule is CNCCCc1cn(C(C)C)c2ccc(OC)cc12. The number of aromatic nitrogens is 1. The van der Waals surface area contributed by atoms with Crippen LogP contribution in [0.5, 0.6) is 5.75 Å². The molecule has 19 heavy (non-hydrogen) atoms. The Bertz CT molecular complexity index is 543. The van der Waals surface area contributed by atoms with Crippen molar-refractivity contribution >= 4 is 10.9 Å². The molecule has 0 aliphatic carbocycles. The van der Waals surface area contributed by atoms with E-state index in [1.807, 2.05) is 13.1 Å². The zero-order valence-corrected chi connectivity index (χ0v) is 12.4. The first kappa shape index (κ1) is 13.9. The third kappa shape index (κ3) is 2.92. The van der Waals surface area contributed by atoms with Crippen LogP contribution in [0, 0.1) is 0 Å². The van der Waals surface area contributed by atoms with Gasteiger partial charge in [-0.25, -0.2) is 0 Å². The molecule has 0 aliphatic rings. The number of benzene rings is 1. The number of nitrogens with zero attached hydrogens (tertiary/aromatic N) is 1. The minimum absolute atomic E-state index is 0.481. The molecule has 0 unspecified atom stereocenters. The first-order valence-electron chi connectivity index (χ1n) is 6.99. The molecule has 2 aromatic rings. The molecule has 0 bridgehead atoms. The fourth-order valence-corrected chi connectivity index (χ4v) is 2.51. The van der Waals surface area contributed by atoms with Crippen molar-refractivity contribution in [3.05, 3.63) is 30.0 Å². The first-order chi connectivity index (χ1) is 9.17. The summed E-state index contributed by atoms with van der Waals surface area (Å²) < 4.78 is 7.70. The summed E-state index contributed by atoms with van der Waals surface area (Å²) in [7, 11) is 3.72. The molecular weight excluding hydrogens is 236 g/mol. The van der Waals surface area contributed by atoms with Crippen LogP contribution in [-0.2, 0) is 6.42 Å². The minimum Gasteiger partial charge on any atom is -0.497 e. The van der Waals surface area contributed by atoms with Crippen LogP contribution in [0.2, 0.25) is 0 Å². The van der Waals surface area contributed by atoms with Crippen molar-refractivity contribution < 1.29 is 4.74 Å². The predicted molar refractivity (Wildman–Crippen MR) is 81.1 cm³/mol. The van der Waals surface area contributed by atoms with Gasteiger partial charge >= 0.3 is 0 Å². The second-order valence-corrected chi connectivity index (χ2v) is 5.25. The molecule has 0 atom stereocenters. The Morgan fingerprint density at radius 2 is 2.11 bits per heavy atom. The third-order valence-electron chi connectivity index (χ3n) is 3.55. The maximum absolute atomic E-state index is 5.35. The molecule has 2 rings (SSSR count). The van der Waals surface area contributed by atoms with E-state index < -0.39 is 0 Å². The Labute approximate surface area is 115 Å². The number of methoxy groups -OCH3 is 1. The molecule has 0 saturated heterocycles. The molecule has 1 heterocycles. The molecule has 1 aromatic heterocycles. The Kier molecular flexibility index (Phi) is 4.48. The van der Waals surface area contributed by atoms with E-state index in [2.05, 4.69) is 42.1 Å². The summed E-state index contributed by atoms with van der Waals surface area (Å²) in [6.45, 7) is 5.50. The number of aryl methyl sites for hydroxylation is 1. The lowest BCUT2D eigenvalue weighted by Gasteiger charge is -2.09. The maximum Gasteiger partial charge on any atom is 0.119 e. The zero-order valence-electron chi connectivity index (χ0n) is 12.4. The van der Waals surface area contributed by atoms with Crippen molar-refractivity contribution in [2.45, 2.75) is 32.7 Å². The van der Waals surface area contributed by atoms with E-state index in [0.29, 0.717) is 6.04 Å². The number of hydrogen-bond donors (Lipinski definition) is 1. The van der Waals surface area contributed by atoms with Gasteiger partial charge in [0.15, 0.2) is 0 Å². The van der Waals surface area contributed by atoms with Crippen LogP contribution in [0.4, 0.5) is 0 Å². The van der Waals surface area contributed by atoms with Crippen molar-refractivity contribution in [1.82, 2.24) is 9.88 Å². The highest BCUT2D eigenvalue weighted by Gasteiger charge is 2.11. The zero-order chi connectivity index (χ0) is 13.8. The second-order valence-electron chi connectivity index (χ2n) is 5.25. The van der Waals surface area contributed by atoms with Gasteiger partial charge < -0.3 is 14.6 Å². The normalized spacial score (nSPS) is 11.4. The number of ether oxygens (including phenoxy) is 1. The predicted octanol–water partition coefficient (Wildman–Crippen LogP) is 3.38. The van der Waals surface area contributed by atoms with E-state index in [1.165, 1.54) is 16.5 Å². The molecule has 0 spiro atoms. The van der Waals surface area contributed by atoms with E-state index >= 15 is 0 Å². The molecule has 104 valence electrons. The topological polar surface area (TPSA) is 26.2 Å². The van der Waals surface area contributed by atoms with Crippen LogP contribution >= 0.6 is 0 Å². The lowest BCUT2D eigenvalue weighted by atomic mass is 10.1. The monoisotopic (exact) mass is 260 g/mol. The van der Waals surface area contributed by atoms with Crippen LogP contribution in [0.25, 0.3) is 10.9 Å². The fraction of sp³-hybridized carbons (Fsp3) is 0.500. The van der Waals surface area contributed by atoms with Crippen LogP contribution < -0.4 is 10.1 Å². The molecule has 1 N–H and O–H groups in total. The number of fused-ring (bicyclic) bond motifs is 1. The smallest absolute Gasteiger partial charge is 0.119 e. The Balaban J connectivity index is 2.42. The van der Waals surface area contributed by atoms with Gasteiger partial charge in [-0.1, -0.05) is 0 Å². The Hall–Kier alpha value is -1.48. The molecule has 0 aliphatic heterocycles. The summed E-state index contributed by atoms with van der Waals surface area (Å²) in [4.78, 5) is 0. The summed E-state index contributed by atoms with van der Waals surface area (Å²) in [6.07, 6.45) is 4.56. The fourth-order valence-electron chi connectivity index (χ4n) is 2.51. The van der Waals surface area contributed by atoms with E-state index in [9.17, 15) is 0 Å². The van der Waals surface area contributed by atoms with E-state index in [-0.39, 0.29) is 0 Å². The Morgan fingerprint density at radius 1 is 1.32 bits per heavy atom. The highest BCUT2D eigenvalue weighted by atomic mass is 16.5. The van der Waals surface area contributed by atoms with Gasteiger partial charge in [0.1, 0.15) is 5.75 Å². The van der Waals surface area contributed by atoms with E-state index in [0.717, 1.165) is 25.1 Å². The van der Waals surface area contributed by atoms with Gasteiger partial charge in [-0.2, -0.15) is 0 Å². The summed E-state index contributed by atoms with van der Waals surface area (Å²) >= 11 is 0. The molecule has 0 saturated carbocycles. The minimum atomic E-state index is 0.481. The van der Waals surface area contributed by atoms with Gasteiger partial charge in [0.05, 0.1) is 7.11 Å². The standard InChI is InChI=1S/C16H24N2O/c1-12(2)18-11-13(6-5-9-17-3)15-10-14(19-4)7-8-16(15)18/h7-8,10-12,17H,5-6,9H2,1-4H3. The molecule has 0 fully saturated rings. The largest absolute Gasteiger partial charge is 0.497 e. The summed E-state index contributed by atoms with van der Waals surface area (Å²) in [5.41, 5.74) is 2.72. The van der Waals surface area contributed by atoms with Crippen LogP contribution in [-0.4, -0.2) is 25.3 Å². The van der Waals surface area contributed by atoms with Crippen LogP contribution in [0.1, 0.15) is 31.9 Å². The summed E-state index contributed by atoms with van der Waals surface area (Å²) in [6, 6.07) is 6.84. The lowest BCUT2D eigenvalue weighted by Crippen LogP contribution is -2.08. The van der Waals surface area contributed by atoms with Gasteiger partial charge in [0.25, 0.3) is 0 Å². The van der Waals surface area contributed by atoms with Crippen LogP contribution in [0.15, 0.2) is 24.4 Å². The summed E-state index contributed by atoms with van der Waals surface area (Å²) in [5, 5.41) is 4.53. The van der Waals surface area contributed by atoms with Crippen molar-refractivity contribution in [3.63, 3.8) is 0 Å². The quantitative estimate of drug-likeness (QED) is 0.806.